The molecule has 5 heteroatoms. The van der Waals surface area contributed by atoms with E-state index in [1.165, 1.54) is 25.9 Å². The summed E-state index contributed by atoms with van der Waals surface area (Å²) in [4.78, 5) is 14.7. The van der Waals surface area contributed by atoms with Crippen LogP contribution < -0.4 is 5.32 Å². The monoisotopic (exact) mass is 317 g/mol. The minimum atomic E-state index is -0.0728. The molecule has 1 atom stereocenters. The predicted octanol–water partition coefficient (Wildman–Crippen LogP) is 2.62. The predicted molar refractivity (Wildman–Crippen MR) is 92.3 cm³/mol. The van der Waals surface area contributed by atoms with Crippen LogP contribution >= 0.6 is 0 Å². The number of ether oxygens (including phenoxy) is 1. The maximum atomic E-state index is 12.3. The van der Waals surface area contributed by atoms with Crippen LogP contribution in [0.3, 0.4) is 0 Å². The van der Waals surface area contributed by atoms with Gasteiger partial charge in [-0.2, -0.15) is 0 Å². The van der Waals surface area contributed by atoms with E-state index in [4.69, 9.17) is 10.1 Å². The normalized spacial score (nSPS) is 21.4. The first kappa shape index (κ1) is 17.5. The number of hydrogen-bond acceptors (Lipinski definition) is 5. The summed E-state index contributed by atoms with van der Waals surface area (Å²) in [5.41, 5.74) is 1.08. The van der Waals surface area contributed by atoms with Gasteiger partial charge in [0.2, 0.25) is 0 Å². The van der Waals surface area contributed by atoms with Gasteiger partial charge in [-0.15, -0.1) is 0 Å². The van der Waals surface area contributed by atoms with E-state index >= 15 is 0 Å². The summed E-state index contributed by atoms with van der Waals surface area (Å²) in [5, 5.41) is 10.6. The largest absolute Gasteiger partial charge is 0.491 e. The summed E-state index contributed by atoms with van der Waals surface area (Å²) in [5.74, 6) is 0.686. The van der Waals surface area contributed by atoms with E-state index in [1.54, 1.807) is 6.20 Å². The van der Waals surface area contributed by atoms with Gasteiger partial charge in [-0.25, -0.2) is 0 Å². The number of nitrogens with zero attached hydrogens (tertiary/aromatic N) is 1. The molecule has 0 aliphatic carbocycles. The van der Waals surface area contributed by atoms with Crippen molar-refractivity contribution in [2.75, 3.05) is 26.2 Å². The van der Waals surface area contributed by atoms with Gasteiger partial charge in [0.25, 0.3) is 0 Å². The maximum absolute atomic E-state index is 12.3. The van der Waals surface area contributed by atoms with Crippen LogP contribution in [0.1, 0.15) is 33.1 Å². The quantitative estimate of drug-likeness (QED) is 0.533. The number of nitrogens with one attached hydrogen (secondary N) is 2. The van der Waals surface area contributed by atoms with Crippen molar-refractivity contribution in [3.63, 3.8) is 0 Å². The highest BCUT2D eigenvalue weighted by atomic mass is 16.5. The van der Waals surface area contributed by atoms with Gasteiger partial charge in [0.15, 0.2) is 5.78 Å². The van der Waals surface area contributed by atoms with Crippen molar-refractivity contribution in [2.24, 2.45) is 5.92 Å². The second kappa shape index (κ2) is 8.67. The van der Waals surface area contributed by atoms with Crippen molar-refractivity contribution in [3.8, 4) is 0 Å². The SMILES string of the molecule is CCC(C)C(=O)/C(C=N)=C1\C=CC(OCCN2CCCC2)=CN1. The van der Waals surface area contributed by atoms with Gasteiger partial charge in [0.05, 0.1) is 11.3 Å². The van der Waals surface area contributed by atoms with Gasteiger partial charge >= 0.3 is 0 Å². The number of hydrogen-bond donors (Lipinski definition) is 2. The molecule has 2 rings (SSSR count). The van der Waals surface area contributed by atoms with Crippen molar-refractivity contribution >= 4 is 12.0 Å². The molecule has 5 nitrogen and oxygen atoms in total. The van der Waals surface area contributed by atoms with Crippen LogP contribution in [-0.4, -0.2) is 43.1 Å². The fourth-order valence-electron chi connectivity index (χ4n) is 2.70. The Labute approximate surface area is 138 Å². The van der Waals surface area contributed by atoms with E-state index in [9.17, 15) is 4.79 Å². The summed E-state index contributed by atoms with van der Waals surface area (Å²) in [6.07, 6.45) is 9.90. The van der Waals surface area contributed by atoms with E-state index in [0.717, 1.165) is 24.9 Å². The number of allylic oxidation sites excluding steroid dienone is 3. The average molecular weight is 317 g/mol. The van der Waals surface area contributed by atoms with Gasteiger partial charge in [0.1, 0.15) is 12.4 Å². The van der Waals surface area contributed by atoms with Crippen LogP contribution in [0.15, 0.2) is 35.4 Å². The van der Waals surface area contributed by atoms with Crippen molar-refractivity contribution in [1.29, 1.82) is 5.41 Å². The van der Waals surface area contributed by atoms with E-state index in [1.807, 2.05) is 26.0 Å². The number of ketones is 1. The molecule has 2 heterocycles. The molecule has 2 aliphatic rings. The molecule has 0 aromatic heterocycles. The third kappa shape index (κ3) is 4.79. The van der Waals surface area contributed by atoms with Crippen LogP contribution in [0.25, 0.3) is 0 Å². The molecule has 2 aliphatic heterocycles. The number of Topliss-reactive ketones (excluding diaryl/α,β-unsaturated/α-hetero) is 1. The summed E-state index contributed by atoms with van der Waals surface area (Å²) in [6, 6.07) is 0. The molecule has 1 unspecified atom stereocenters. The zero-order valence-electron chi connectivity index (χ0n) is 14.1. The third-order valence-corrected chi connectivity index (χ3v) is 4.42. The molecule has 0 saturated carbocycles. The molecular weight excluding hydrogens is 290 g/mol. The van der Waals surface area contributed by atoms with Gasteiger partial charge in [-0.3, -0.25) is 9.69 Å². The molecule has 0 amide bonds. The molecule has 23 heavy (non-hydrogen) atoms. The molecule has 1 saturated heterocycles. The number of dihydropyridines is 1. The van der Waals surface area contributed by atoms with Crippen molar-refractivity contribution < 1.29 is 9.53 Å². The lowest BCUT2D eigenvalue weighted by Crippen LogP contribution is -2.24. The van der Waals surface area contributed by atoms with E-state index in [0.29, 0.717) is 17.9 Å². The first-order chi connectivity index (χ1) is 11.2. The Hall–Kier alpha value is -1.88. The molecule has 0 bridgehead atoms. The second-order valence-electron chi connectivity index (χ2n) is 6.07. The van der Waals surface area contributed by atoms with Crippen LogP contribution in [-0.2, 0) is 9.53 Å². The highest BCUT2D eigenvalue weighted by Crippen LogP contribution is 2.16. The third-order valence-electron chi connectivity index (χ3n) is 4.42. The summed E-state index contributed by atoms with van der Waals surface area (Å²) >= 11 is 0. The Morgan fingerprint density at radius 1 is 1.43 bits per heavy atom. The Morgan fingerprint density at radius 2 is 2.17 bits per heavy atom. The number of likely N-dealkylation sites (tertiary alicyclic amines) is 1. The smallest absolute Gasteiger partial charge is 0.169 e. The first-order valence-corrected chi connectivity index (χ1v) is 8.44. The topological polar surface area (TPSA) is 65.4 Å². The number of carbonyl (C=O) groups excluding carboxylic acids is 1. The molecule has 0 spiro atoms. The maximum Gasteiger partial charge on any atom is 0.169 e. The summed E-state index contributed by atoms with van der Waals surface area (Å²) in [6.45, 7) is 7.83. The van der Waals surface area contributed by atoms with Crippen LogP contribution in [0.5, 0.6) is 0 Å². The second-order valence-corrected chi connectivity index (χ2v) is 6.07. The zero-order chi connectivity index (χ0) is 16.7. The standard InChI is InChI=1S/C18H27N3O2/c1-3-14(2)18(22)16(12-19)17-7-6-15(13-20-17)23-11-10-21-8-4-5-9-21/h6-7,12-14,19-20H,3-5,8-11H2,1-2H3/b17-16+,19-12?. The lowest BCUT2D eigenvalue weighted by atomic mass is 9.95. The molecule has 0 aromatic carbocycles. The zero-order valence-corrected chi connectivity index (χ0v) is 14.1. The highest BCUT2D eigenvalue weighted by molar-refractivity contribution is 6.14. The molecule has 1 fully saturated rings. The van der Waals surface area contributed by atoms with Gasteiger partial charge in [0, 0.05) is 24.9 Å². The lowest BCUT2D eigenvalue weighted by molar-refractivity contribution is -0.118. The minimum Gasteiger partial charge on any atom is -0.491 e. The van der Waals surface area contributed by atoms with Crippen molar-refractivity contribution in [1.82, 2.24) is 10.2 Å². The average Bonchev–Trinajstić information content (AvgIpc) is 3.09. The fourth-order valence-corrected chi connectivity index (χ4v) is 2.70. The van der Waals surface area contributed by atoms with E-state index < -0.39 is 0 Å². The molecule has 0 aromatic rings. The van der Waals surface area contributed by atoms with E-state index in [2.05, 4.69) is 10.2 Å². The van der Waals surface area contributed by atoms with Crippen LogP contribution in [0, 0.1) is 11.3 Å². The highest BCUT2D eigenvalue weighted by Gasteiger charge is 2.18. The number of carbonyl (C=O) groups is 1. The molecule has 0 radical (unpaired) electrons. The van der Waals surface area contributed by atoms with Gasteiger partial charge in [-0.1, -0.05) is 13.8 Å². The number of rotatable bonds is 8. The first-order valence-electron chi connectivity index (χ1n) is 8.44. The Kier molecular flexibility index (Phi) is 6.59. The fraction of sp³-hybridized carbons (Fsp3) is 0.556. The Morgan fingerprint density at radius 3 is 2.74 bits per heavy atom. The van der Waals surface area contributed by atoms with Crippen LogP contribution in [0.4, 0.5) is 0 Å². The Bertz CT molecular complexity index is 528. The molecule has 2 N–H and O–H groups in total. The van der Waals surface area contributed by atoms with Crippen molar-refractivity contribution in [3.05, 3.63) is 35.4 Å². The Balaban J connectivity index is 1.88. The summed E-state index contributed by atoms with van der Waals surface area (Å²) in [7, 11) is 0. The van der Waals surface area contributed by atoms with Crippen LogP contribution in [0.2, 0.25) is 0 Å². The molecular formula is C18H27N3O2. The lowest BCUT2D eigenvalue weighted by Gasteiger charge is -2.18. The molecule has 126 valence electrons. The van der Waals surface area contributed by atoms with Gasteiger partial charge in [-0.05, 0) is 44.5 Å². The summed E-state index contributed by atoms with van der Waals surface area (Å²) < 4.78 is 5.74. The minimum absolute atomic E-state index is 0.00134. The van der Waals surface area contributed by atoms with Gasteiger partial charge < -0.3 is 15.5 Å². The van der Waals surface area contributed by atoms with E-state index in [-0.39, 0.29) is 11.7 Å². The van der Waals surface area contributed by atoms with Crippen molar-refractivity contribution in [2.45, 2.75) is 33.1 Å².